The van der Waals surface area contributed by atoms with Gasteiger partial charge >= 0.3 is 0 Å². The Kier molecular flexibility index (Phi) is 3.62. The zero-order valence-electron chi connectivity index (χ0n) is 11.2. The summed E-state index contributed by atoms with van der Waals surface area (Å²) < 4.78 is 11.8. The van der Waals surface area contributed by atoms with Gasteiger partial charge in [-0.1, -0.05) is 33.2 Å². The van der Waals surface area contributed by atoms with E-state index in [1.54, 1.807) is 0 Å². The molecule has 0 aliphatic carbocycles. The lowest BCUT2D eigenvalue weighted by molar-refractivity contribution is 0.169. The molecule has 2 heterocycles. The van der Waals surface area contributed by atoms with Crippen molar-refractivity contribution in [2.45, 2.75) is 24.8 Å². The molecular weight excluding hydrogens is 322 g/mol. The third-order valence-electron chi connectivity index (χ3n) is 3.75. The fraction of sp³-hybridized carbons (Fsp3) is 0.429. The summed E-state index contributed by atoms with van der Waals surface area (Å²) in [5.74, 6) is 1.23. The first kappa shape index (κ1) is 13.7. The lowest BCUT2D eigenvalue weighted by Crippen LogP contribution is -2.42. The first-order chi connectivity index (χ1) is 9.58. The molecule has 0 bridgehead atoms. The van der Waals surface area contributed by atoms with E-state index in [1.807, 2.05) is 31.2 Å². The molecule has 1 aromatic carbocycles. The predicted octanol–water partition coefficient (Wildman–Crippen LogP) is 2.04. The molecule has 0 saturated carbocycles. The predicted molar refractivity (Wildman–Crippen MR) is 77.4 cm³/mol. The maximum atomic E-state index is 6.07. The molecule has 20 heavy (non-hydrogen) atoms. The second-order valence-corrected chi connectivity index (χ2v) is 6.27. The summed E-state index contributed by atoms with van der Waals surface area (Å²) >= 11 is 3.42. The Balaban J connectivity index is 1.78. The average Bonchev–Trinajstić information content (AvgIpc) is 3.02. The van der Waals surface area contributed by atoms with E-state index in [4.69, 9.17) is 15.0 Å². The summed E-state index contributed by atoms with van der Waals surface area (Å²) in [6, 6.07) is 7.96. The summed E-state index contributed by atoms with van der Waals surface area (Å²) in [6.07, 6.45) is 0.642. The molecule has 2 aromatic rings. The summed E-state index contributed by atoms with van der Waals surface area (Å²) in [6.45, 7) is 3.05. The van der Waals surface area contributed by atoms with Gasteiger partial charge in [-0.15, -0.1) is 0 Å². The van der Waals surface area contributed by atoms with Gasteiger partial charge in [-0.25, -0.2) is 0 Å². The van der Waals surface area contributed by atoms with Gasteiger partial charge in [0.05, 0.1) is 18.6 Å². The van der Waals surface area contributed by atoms with E-state index in [-0.39, 0.29) is 11.5 Å². The van der Waals surface area contributed by atoms with Gasteiger partial charge in [0, 0.05) is 16.9 Å². The largest absolute Gasteiger partial charge is 0.379 e. The quantitative estimate of drug-likeness (QED) is 0.927. The van der Waals surface area contributed by atoms with Crippen molar-refractivity contribution in [2.24, 2.45) is 5.73 Å². The highest BCUT2D eigenvalue weighted by Crippen LogP contribution is 2.30. The zero-order valence-corrected chi connectivity index (χ0v) is 12.8. The SMILES string of the molecule is CC1(c2nc(Cc3ccc(Br)cc3)no2)COCC1N. The minimum Gasteiger partial charge on any atom is -0.379 e. The maximum absolute atomic E-state index is 6.07. The van der Waals surface area contributed by atoms with E-state index in [9.17, 15) is 0 Å². The summed E-state index contributed by atoms with van der Waals surface area (Å²) in [5.41, 5.74) is 6.82. The van der Waals surface area contributed by atoms with E-state index >= 15 is 0 Å². The number of ether oxygens (including phenoxy) is 1. The van der Waals surface area contributed by atoms with Crippen molar-refractivity contribution >= 4 is 15.9 Å². The lowest BCUT2D eigenvalue weighted by atomic mass is 9.86. The number of hydrogen-bond acceptors (Lipinski definition) is 5. The third-order valence-corrected chi connectivity index (χ3v) is 4.28. The smallest absolute Gasteiger partial charge is 0.236 e. The van der Waals surface area contributed by atoms with Crippen LogP contribution in [-0.2, 0) is 16.6 Å². The monoisotopic (exact) mass is 337 g/mol. The van der Waals surface area contributed by atoms with Gasteiger partial charge in [-0.05, 0) is 24.6 Å². The molecule has 1 aliphatic heterocycles. The molecular formula is C14H16BrN3O2. The van der Waals surface area contributed by atoms with Crippen molar-refractivity contribution in [3.05, 3.63) is 46.0 Å². The summed E-state index contributed by atoms with van der Waals surface area (Å²) in [4.78, 5) is 4.48. The molecule has 0 amide bonds. The Morgan fingerprint density at radius 1 is 1.40 bits per heavy atom. The number of halogens is 1. The molecule has 1 saturated heterocycles. The number of rotatable bonds is 3. The van der Waals surface area contributed by atoms with Gasteiger partial charge in [0.2, 0.25) is 5.89 Å². The fourth-order valence-corrected chi connectivity index (χ4v) is 2.52. The molecule has 1 aromatic heterocycles. The Labute approximate surface area is 125 Å². The third kappa shape index (κ3) is 2.51. The van der Waals surface area contributed by atoms with Crippen LogP contribution in [0.25, 0.3) is 0 Å². The summed E-state index contributed by atoms with van der Waals surface area (Å²) in [5, 5.41) is 4.05. The number of benzene rings is 1. The van der Waals surface area contributed by atoms with Crippen LogP contribution in [-0.4, -0.2) is 29.4 Å². The molecule has 3 rings (SSSR count). The van der Waals surface area contributed by atoms with E-state index in [1.165, 1.54) is 0 Å². The van der Waals surface area contributed by atoms with E-state index in [0.717, 1.165) is 10.0 Å². The number of hydrogen-bond donors (Lipinski definition) is 1. The molecule has 2 atom stereocenters. The van der Waals surface area contributed by atoms with Crippen LogP contribution in [0.3, 0.4) is 0 Å². The van der Waals surface area contributed by atoms with Crippen molar-refractivity contribution < 1.29 is 9.26 Å². The number of nitrogens with two attached hydrogens (primary N) is 1. The van der Waals surface area contributed by atoms with Crippen LogP contribution in [0.15, 0.2) is 33.3 Å². The van der Waals surface area contributed by atoms with Gasteiger partial charge in [-0.2, -0.15) is 4.98 Å². The first-order valence-electron chi connectivity index (χ1n) is 6.49. The van der Waals surface area contributed by atoms with Gasteiger partial charge in [0.15, 0.2) is 5.82 Å². The second-order valence-electron chi connectivity index (χ2n) is 5.36. The van der Waals surface area contributed by atoms with Crippen molar-refractivity contribution in [1.29, 1.82) is 0 Å². The minimum atomic E-state index is -0.384. The van der Waals surface area contributed by atoms with E-state index in [2.05, 4.69) is 26.1 Å². The van der Waals surface area contributed by atoms with Crippen LogP contribution < -0.4 is 5.73 Å². The lowest BCUT2D eigenvalue weighted by Gasteiger charge is -2.21. The van der Waals surface area contributed by atoms with Crippen molar-refractivity contribution in [3.8, 4) is 0 Å². The molecule has 2 unspecified atom stereocenters. The molecule has 106 valence electrons. The molecule has 1 fully saturated rings. The topological polar surface area (TPSA) is 74.2 Å². The molecule has 5 nitrogen and oxygen atoms in total. The Bertz CT molecular complexity index is 599. The van der Waals surface area contributed by atoms with E-state index < -0.39 is 0 Å². The zero-order chi connectivity index (χ0) is 14.2. The number of nitrogens with zero attached hydrogens (tertiary/aromatic N) is 2. The van der Waals surface area contributed by atoms with Crippen LogP contribution in [0.4, 0.5) is 0 Å². The molecule has 2 N–H and O–H groups in total. The van der Waals surface area contributed by atoms with Gasteiger partial charge in [0.1, 0.15) is 0 Å². The van der Waals surface area contributed by atoms with Gasteiger partial charge in [0.25, 0.3) is 0 Å². The highest BCUT2D eigenvalue weighted by Gasteiger charge is 2.44. The van der Waals surface area contributed by atoms with Crippen LogP contribution in [0.5, 0.6) is 0 Å². The second kappa shape index (κ2) is 5.27. The highest BCUT2D eigenvalue weighted by molar-refractivity contribution is 9.10. The van der Waals surface area contributed by atoms with Gasteiger partial charge < -0.3 is 15.0 Å². The van der Waals surface area contributed by atoms with Crippen LogP contribution in [0.2, 0.25) is 0 Å². The highest BCUT2D eigenvalue weighted by atomic mass is 79.9. The van der Waals surface area contributed by atoms with E-state index in [0.29, 0.717) is 31.3 Å². The van der Waals surface area contributed by atoms with Crippen molar-refractivity contribution in [1.82, 2.24) is 10.1 Å². The van der Waals surface area contributed by atoms with Crippen LogP contribution in [0.1, 0.15) is 24.2 Å². The Hall–Kier alpha value is -1.24. The van der Waals surface area contributed by atoms with Crippen LogP contribution in [0, 0.1) is 0 Å². The minimum absolute atomic E-state index is 0.108. The van der Waals surface area contributed by atoms with Crippen molar-refractivity contribution in [3.63, 3.8) is 0 Å². The molecule has 1 aliphatic rings. The average molecular weight is 338 g/mol. The normalized spacial score (nSPS) is 26.1. The summed E-state index contributed by atoms with van der Waals surface area (Å²) in [7, 11) is 0. The van der Waals surface area contributed by atoms with Crippen LogP contribution >= 0.6 is 15.9 Å². The fourth-order valence-electron chi connectivity index (χ4n) is 2.25. The molecule has 0 spiro atoms. The van der Waals surface area contributed by atoms with Gasteiger partial charge in [-0.3, -0.25) is 0 Å². The maximum Gasteiger partial charge on any atom is 0.236 e. The standard InChI is InChI=1S/C14H16BrN3O2/c1-14(8-19-7-11(14)16)13-17-12(18-20-13)6-9-2-4-10(15)5-3-9/h2-5,11H,6-8,16H2,1H3. The number of aromatic nitrogens is 2. The Morgan fingerprint density at radius 2 is 2.15 bits per heavy atom. The Morgan fingerprint density at radius 3 is 2.80 bits per heavy atom. The molecule has 0 radical (unpaired) electrons. The molecule has 6 heteroatoms. The van der Waals surface area contributed by atoms with Crippen molar-refractivity contribution in [2.75, 3.05) is 13.2 Å². The first-order valence-corrected chi connectivity index (χ1v) is 7.28.